The van der Waals surface area contributed by atoms with Crippen molar-refractivity contribution in [2.24, 2.45) is 0 Å². The monoisotopic (exact) mass is 215 g/mol. The van der Waals surface area contributed by atoms with Gasteiger partial charge in [0.15, 0.2) is 0 Å². The Bertz CT molecular complexity index is 586. The average Bonchev–Trinajstić information content (AvgIpc) is 2.28. The van der Waals surface area contributed by atoms with Crippen molar-refractivity contribution in [3.05, 3.63) is 46.0 Å². The highest BCUT2D eigenvalue weighted by molar-refractivity contribution is 5.65. The van der Waals surface area contributed by atoms with Crippen LogP contribution < -0.4 is 10.4 Å². The number of nitrogens with zero attached hydrogens (tertiary/aromatic N) is 1. The number of methoxy groups -OCH3 is 1. The van der Waals surface area contributed by atoms with Crippen LogP contribution in [0.25, 0.3) is 11.8 Å². The Kier molecular flexibility index (Phi) is 2.01. The van der Waals surface area contributed by atoms with Gasteiger partial charge in [-0.15, -0.1) is 0 Å². The lowest BCUT2D eigenvalue weighted by molar-refractivity contribution is -0.00754. The molecule has 82 valence electrons. The number of allylic oxidation sites excluding steroid dienone is 1. The van der Waals surface area contributed by atoms with Crippen molar-refractivity contribution in [1.29, 1.82) is 0 Å². The van der Waals surface area contributed by atoms with E-state index in [4.69, 9.17) is 4.74 Å². The van der Waals surface area contributed by atoms with E-state index < -0.39 is 0 Å². The van der Waals surface area contributed by atoms with Crippen molar-refractivity contribution in [1.82, 2.24) is 5.06 Å². The topological polar surface area (TPSA) is 32.7 Å². The van der Waals surface area contributed by atoms with Crippen LogP contribution in [0, 0.1) is 0 Å². The molecule has 1 aromatic rings. The smallest absolute Gasteiger partial charge is 0.100 e. The minimum atomic E-state index is 0.525. The lowest BCUT2D eigenvalue weighted by Crippen LogP contribution is -2.41. The molecule has 0 spiro atoms. The van der Waals surface area contributed by atoms with Crippen molar-refractivity contribution in [2.45, 2.75) is 6.42 Å². The van der Waals surface area contributed by atoms with Gasteiger partial charge in [0.05, 0.1) is 13.7 Å². The quantitative estimate of drug-likeness (QED) is 0.734. The highest BCUT2D eigenvalue weighted by Crippen LogP contribution is 2.16. The highest BCUT2D eigenvalue weighted by Gasteiger charge is 2.16. The van der Waals surface area contributed by atoms with Crippen LogP contribution in [0.4, 0.5) is 0 Å². The minimum Gasteiger partial charge on any atom is -0.501 e. The maximum Gasteiger partial charge on any atom is 0.100 e. The predicted octanol–water partition coefficient (Wildman–Crippen LogP) is 0.366. The van der Waals surface area contributed by atoms with E-state index >= 15 is 0 Å². The van der Waals surface area contributed by atoms with E-state index in [0.29, 0.717) is 6.54 Å². The molecular weight excluding hydrogens is 202 g/mol. The van der Waals surface area contributed by atoms with Crippen molar-refractivity contribution in [2.75, 3.05) is 13.7 Å². The Hall–Kier alpha value is -1.74. The second kappa shape index (κ2) is 3.39. The molecule has 1 aliphatic carbocycles. The first-order valence-corrected chi connectivity index (χ1v) is 5.31. The van der Waals surface area contributed by atoms with Crippen LogP contribution in [0.1, 0.15) is 5.56 Å². The molecule has 0 saturated heterocycles. The van der Waals surface area contributed by atoms with Gasteiger partial charge in [-0.25, -0.2) is 0 Å². The van der Waals surface area contributed by atoms with Crippen LogP contribution in [0.15, 0.2) is 30.0 Å². The molecule has 1 aliphatic heterocycles. The van der Waals surface area contributed by atoms with E-state index in [1.54, 1.807) is 13.3 Å². The molecule has 0 bridgehead atoms. The van der Waals surface area contributed by atoms with Gasteiger partial charge in [-0.2, -0.15) is 0 Å². The fourth-order valence-corrected chi connectivity index (χ4v) is 2.41. The summed E-state index contributed by atoms with van der Waals surface area (Å²) in [7, 11) is 1.69. The van der Waals surface area contributed by atoms with Gasteiger partial charge in [0.2, 0.25) is 0 Å². The Morgan fingerprint density at radius 3 is 3.06 bits per heavy atom. The Morgan fingerprint density at radius 2 is 2.25 bits per heavy atom. The summed E-state index contributed by atoms with van der Waals surface area (Å²) in [6.45, 7) is 0.525. The Morgan fingerprint density at radius 1 is 1.38 bits per heavy atom. The van der Waals surface area contributed by atoms with Gasteiger partial charge in [-0.05, 0) is 22.4 Å². The molecule has 0 fully saturated rings. The van der Waals surface area contributed by atoms with Crippen LogP contribution in [-0.2, 0) is 11.2 Å². The molecule has 0 amide bonds. The predicted molar refractivity (Wildman–Crippen MR) is 60.9 cm³/mol. The highest BCUT2D eigenvalue weighted by atomic mass is 16.5. The summed E-state index contributed by atoms with van der Waals surface area (Å²) >= 11 is 0. The second-order valence-electron chi connectivity index (χ2n) is 4.12. The lowest BCUT2D eigenvalue weighted by atomic mass is 9.94. The minimum absolute atomic E-state index is 0.525. The van der Waals surface area contributed by atoms with E-state index in [-0.39, 0.29) is 0 Å². The first kappa shape index (κ1) is 9.48. The Labute approximate surface area is 93.5 Å². The van der Waals surface area contributed by atoms with Crippen molar-refractivity contribution < 1.29 is 9.94 Å². The van der Waals surface area contributed by atoms with Crippen LogP contribution in [0.3, 0.4) is 0 Å². The van der Waals surface area contributed by atoms with E-state index in [2.05, 4.69) is 6.07 Å². The Balaban J connectivity index is 2.35. The molecule has 0 atom stereocenters. The first-order chi connectivity index (χ1) is 7.78. The number of hydrogen-bond acceptors (Lipinski definition) is 3. The zero-order valence-electron chi connectivity index (χ0n) is 9.10. The van der Waals surface area contributed by atoms with E-state index in [1.807, 2.05) is 18.2 Å². The van der Waals surface area contributed by atoms with E-state index in [9.17, 15) is 5.21 Å². The van der Waals surface area contributed by atoms with Crippen LogP contribution in [-0.4, -0.2) is 23.9 Å². The fourth-order valence-electron chi connectivity index (χ4n) is 2.41. The molecule has 3 nitrogen and oxygen atoms in total. The van der Waals surface area contributed by atoms with Gasteiger partial charge in [0.25, 0.3) is 0 Å². The summed E-state index contributed by atoms with van der Waals surface area (Å²) in [6, 6.07) is 6.15. The third kappa shape index (κ3) is 1.32. The molecule has 0 unspecified atom stereocenters. The molecule has 2 aliphatic rings. The molecule has 16 heavy (non-hydrogen) atoms. The molecule has 3 rings (SSSR count). The maximum atomic E-state index is 9.62. The third-order valence-corrected chi connectivity index (χ3v) is 3.09. The van der Waals surface area contributed by atoms with Crippen molar-refractivity contribution in [3.8, 4) is 0 Å². The summed E-state index contributed by atoms with van der Waals surface area (Å²) in [5, 5.41) is 13.2. The maximum absolute atomic E-state index is 9.62. The number of rotatable bonds is 1. The molecule has 0 aromatic heterocycles. The van der Waals surface area contributed by atoms with Crippen LogP contribution in [0.5, 0.6) is 0 Å². The number of hydroxylamine groups is 2. The van der Waals surface area contributed by atoms with Crippen molar-refractivity contribution >= 4 is 11.8 Å². The van der Waals surface area contributed by atoms with Crippen LogP contribution >= 0.6 is 0 Å². The molecule has 1 N–H and O–H groups in total. The zero-order chi connectivity index (χ0) is 11.1. The molecular formula is C13H13NO2. The standard InChI is InChI=1S/C13H13NO2/c1-16-12-5-9-3-2-4-10-7-14(15)8-11(6-12)13(9)10/h2-4,6-7,15H,5,8H2,1H3. The van der Waals surface area contributed by atoms with Gasteiger partial charge in [0.1, 0.15) is 5.76 Å². The van der Waals surface area contributed by atoms with Gasteiger partial charge in [-0.3, -0.25) is 10.3 Å². The normalized spacial score (nSPS) is 17.5. The van der Waals surface area contributed by atoms with E-state index in [1.165, 1.54) is 15.8 Å². The average molecular weight is 215 g/mol. The van der Waals surface area contributed by atoms with Gasteiger partial charge >= 0.3 is 0 Å². The molecule has 0 radical (unpaired) electrons. The van der Waals surface area contributed by atoms with Crippen molar-refractivity contribution in [3.63, 3.8) is 0 Å². The van der Waals surface area contributed by atoms with Crippen LogP contribution in [0.2, 0.25) is 0 Å². The van der Waals surface area contributed by atoms with Gasteiger partial charge < -0.3 is 4.74 Å². The summed E-state index contributed by atoms with van der Waals surface area (Å²) in [6.07, 6.45) is 4.64. The van der Waals surface area contributed by atoms with Gasteiger partial charge in [-0.1, -0.05) is 18.2 Å². The lowest BCUT2D eigenvalue weighted by Gasteiger charge is -2.23. The summed E-state index contributed by atoms with van der Waals surface area (Å²) in [5.74, 6) is 0.954. The molecule has 1 heterocycles. The zero-order valence-corrected chi connectivity index (χ0v) is 9.10. The first-order valence-electron chi connectivity index (χ1n) is 5.31. The summed E-state index contributed by atoms with van der Waals surface area (Å²) < 4.78 is 5.31. The summed E-state index contributed by atoms with van der Waals surface area (Å²) in [5.41, 5.74) is 2.40. The number of benzene rings is 1. The fraction of sp³-hybridized carbons (Fsp3) is 0.231. The molecule has 3 heteroatoms. The third-order valence-electron chi connectivity index (χ3n) is 3.09. The SMILES string of the molecule is COC1=CC2=c3c(cccc3=CN(O)C2)C1. The molecule has 1 aromatic carbocycles. The van der Waals surface area contributed by atoms with E-state index in [0.717, 1.165) is 23.0 Å². The largest absolute Gasteiger partial charge is 0.501 e. The van der Waals surface area contributed by atoms with Gasteiger partial charge in [0, 0.05) is 17.8 Å². The number of hydrogen-bond donors (Lipinski definition) is 1. The summed E-state index contributed by atoms with van der Waals surface area (Å²) in [4.78, 5) is 0. The molecule has 0 saturated carbocycles. The number of ether oxygens (including phenoxy) is 1. The second-order valence-corrected chi connectivity index (χ2v) is 4.12.